The minimum absolute atomic E-state index is 0.0583. The molecule has 1 aromatic heterocycles. The Kier molecular flexibility index (Phi) is 3.46. The number of aromatic nitrogens is 1. The molecule has 3 aromatic rings. The van der Waals surface area contributed by atoms with Gasteiger partial charge in [-0.15, -0.1) is 0 Å². The van der Waals surface area contributed by atoms with Gasteiger partial charge in [-0.3, -0.25) is 15.5 Å². The number of hydrogen-bond acceptors (Lipinski definition) is 4. The summed E-state index contributed by atoms with van der Waals surface area (Å²) in [5.41, 5.74) is 6.01. The zero-order chi connectivity index (χ0) is 17.9. The number of rotatable bonds is 2. The number of fused-ring (bicyclic) bond motifs is 4. The van der Waals surface area contributed by atoms with Crippen LogP contribution in [0.4, 0.5) is 5.69 Å². The van der Waals surface area contributed by atoms with Crippen LogP contribution in [0.25, 0.3) is 10.9 Å². The number of halogens is 1. The lowest BCUT2D eigenvalue weighted by Crippen LogP contribution is -2.30. The lowest BCUT2D eigenvalue weighted by molar-refractivity contribution is 0.103. The van der Waals surface area contributed by atoms with Crippen molar-refractivity contribution in [2.24, 2.45) is 0 Å². The number of nitrogens with one attached hydrogen (secondary N) is 2. The van der Waals surface area contributed by atoms with Gasteiger partial charge in [-0.05, 0) is 29.8 Å². The zero-order valence-corrected chi connectivity index (χ0v) is 15.6. The van der Waals surface area contributed by atoms with Gasteiger partial charge in [0.2, 0.25) is 0 Å². The Morgan fingerprint density at radius 3 is 2.68 bits per heavy atom. The summed E-state index contributed by atoms with van der Waals surface area (Å²) in [6, 6.07) is 9.32. The number of carbonyl (C=O) groups is 1. The predicted octanol–water partition coefficient (Wildman–Crippen LogP) is 4.61. The van der Waals surface area contributed by atoms with Gasteiger partial charge in [-0.25, -0.2) is 0 Å². The maximum absolute atomic E-state index is 13.2. The summed E-state index contributed by atoms with van der Waals surface area (Å²) in [6.07, 6.45) is 0. The monoisotopic (exact) mass is 400 g/mol. The predicted molar refractivity (Wildman–Crippen MR) is 100.0 cm³/mol. The van der Waals surface area contributed by atoms with E-state index in [4.69, 9.17) is 4.74 Å². The summed E-state index contributed by atoms with van der Waals surface area (Å²) >= 11 is 3.48. The molecule has 0 amide bonds. The number of H-pyrrole nitrogens is 1. The van der Waals surface area contributed by atoms with E-state index in [-0.39, 0.29) is 5.78 Å². The van der Waals surface area contributed by atoms with Crippen LogP contribution >= 0.6 is 15.9 Å². The largest absolute Gasteiger partial charge is 0.494 e. The molecule has 0 saturated carbocycles. The Hall–Kier alpha value is -2.31. The summed E-state index contributed by atoms with van der Waals surface area (Å²) in [6.45, 7) is 4.15. The third-order valence-corrected chi connectivity index (χ3v) is 5.48. The van der Waals surface area contributed by atoms with Crippen LogP contribution < -0.4 is 10.2 Å². The Labute approximate surface area is 153 Å². The zero-order valence-electron chi connectivity index (χ0n) is 14.0. The van der Waals surface area contributed by atoms with E-state index in [9.17, 15) is 10.0 Å². The van der Waals surface area contributed by atoms with Crippen molar-refractivity contribution in [3.8, 4) is 5.75 Å². The number of carbonyl (C=O) groups excluding carboxylic acids is 1. The molecule has 4 rings (SSSR count). The van der Waals surface area contributed by atoms with E-state index in [1.807, 2.05) is 24.3 Å². The van der Waals surface area contributed by atoms with E-state index in [1.54, 1.807) is 6.07 Å². The van der Waals surface area contributed by atoms with Crippen LogP contribution in [0.1, 0.15) is 41.0 Å². The van der Waals surface area contributed by atoms with Gasteiger partial charge in [0.05, 0.1) is 12.7 Å². The van der Waals surface area contributed by atoms with E-state index in [0.29, 0.717) is 22.6 Å². The number of anilines is 1. The Balaban J connectivity index is 2.07. The molecule has 0 aliphatic heterocycles. The highest BCUT2D eigenvalue weighted by atomic mass is 79.9. The molecule has 0 radical (unpaired) electrons. The van der Waals surface area contributed by atoms with Crippen molar-refractivity contribution < 1.29 is 14.7 Å². The fourth-order valence-electron chi connectivity index (χ4n) is 3.68. The molecule has 0 spiro atoms. The van der Waals surface area contributed by atoms with E-state index in [2.05, 4.69) is 40.2 Å². The van der Waals surface area contributed by atoms with Crippen LogP contribution in [-0.2, 0) is 5.41 Å². The van der Waals surface area contributed by atoms with Gasteiger partial charge in [-0.1, -0.05) is 35.8 Å². The SMILES string of the molecule is COc1cc2c(cc1NO)C(=O)c1c([nH]c3cc(Br)ccc13)C2(C)C. The van der Waals surface area contributed by atoms with Crippen molar-refractivity contribution in [1.82, 2.24) is 4.98 Å². The molecule has 1 aliphatic carbocycles. The maximum atomic E-state index is 13.2. The van der Waals surface area contributed by atoms with Crippen LogP contribution in [0, 0.1) is 0 Å². The van der Waals surface area contributed by atoms with E-state index in [1.165, 1.54) is 7.11 Å². The van der Waals surface area contributed by atoms with E-state index in [0.717, 1.165) is 26.6 Å². The molecular weight excluding hydrogens is 384 g/mol. The number of ether oxygens (including phenoxy) is 1. The second kappa shape index (κ2) is 5.34. The molecule has 0 atom stereocenters. The molecule has 0 bridgehead atoms. The second-order valence-electron chi connectivity index (χ2n) is 6.73. The van der Waals surface area contributed by atoms with Crippen molar-refractivity contribution in [2.75, 3.05) is 12.6 Å². The second-order valence-corrected chi connectivity index (χ2v) is 7.64. The molecule has 5 nitrogen and oxygen atoms in total. The minimum atomic E-state index is -0.411. The van der Waals surface area contributed by atoms with Crippen LogP contribution in [-0.4, -0.2) is 23.1 Å². The molecule has 2 aromatic carbocycles. The number of methoxy groups -OCH3 is 1. The van der Waals surface area contributed by atoms with Crippen molar-refractivity contribution >= 4 is 38.3 Å². The third kappa shape index (κ3) is 2.14. The van der Waals surface area contributed by atoms with Crippen molar-refractivity contribution in [2.45, 2.75) is 19.3 Å². The summed E-state index contributed by atoms with van der Waals surface area (Å²) in [5, 5.41) is 10.3. The standard InChI is InChI=1S/C19H17BrN2O3/c1-19(2)12-8-15(25-3)14(22-24)7-11(12)17(23)16-10-5-4-9(20)6-13(10)21-18(16)19/h4-8,21-22,24H,1-3H3. The highest BCUT2D eigenvalue weighted by Gasteiger charge is 2.40. The molecule has 128 valence electrons. The number of aromatic amines is 1. The van der Waals surface area contributed by atoms with Gasteiger partial charge in [-0.2, -0.15) is 0 Å². The average molecular weight is 401 g/mol. The molecule has 25 heavy (non-hydrogen) atoms. The smallest absolute Gasteiger partial charge is 0.195 e. The third-order valence-electron chi connectivity index (χ3n) is 4.99. The highest BCUT2D eigenvalue weighted by Crippen LogP contribution is 2.46. The van der Waals surface area contributed by atoms with Gasteiger partial charge < -0.3 is 9.72 Å². The number of ketones is 1. The lowest BCUT2D eigenvalue weighted by atomic mass is 9.71. The van der Waals surface area contributed by atoms with E-state index < -0.39 is 5.41 Å². The first-order chi connectivity index (χ1) is 11.9. The molecular formula is C19H17BrN2O3. The maximum Gasteiger partial charge on any atom is 0.195 e. The first-order valence-electron chi connectivity index (χ1n) is 7.87. The number of hydrogen-bond donors (Lipinski definition) is 3. The Morgan fingerprint density at radius 2 is 2.00 bits per heavy atom. The summed E-state index contributed by atoms with van der Waals surface area (Å²) in [5.74, 6) is 0.432. The van der Waals surface area contributed by atoms with Gasteiger partial charge in [0.15, 0.2) is 5.78 Å². The van der Waals surface area contributed by atoms with Crippen LogP contribution in [0.15, 0.2) is 34.8 Å². The first-order valence-corrected chi connectivity index (χ1v) is 8.66. The topological polar surface area (TPSA) is 74.3 Å². The van der Waals surface area contributed by atoms with Gasteiger partial charge in [0.25, 0.3) is 0 Å². The quantitative estimate of drug-likeness (QED) is 0.549. The average Bonchev–Trinajstić information content (AvgIpc) is 2.98. The lowest BCUT2D eigenvalue weighted by Gasteiger charge is -2.32. The summed E-state index contributed by atoms with van der Waals surface area (Å²) in [4.78, 5) is 16.7. The van der Waals surface area contributed by atoms with Crippen molar-refractivity contribution in [3.05, 3.63) is 57.2 Å². The molecule has 0 unspecified atom stereocenters. The highest BCUT2D eigenvalue weighted by molar-refractivity contribution is 9.10. The molecule has 0 saturated heterocycles. The molecule has 1 heterocycles. The normalized spacial score (nSPS) is 15.0. The fraction of sp³-hybridized carbons (Fsp3) is 0.211. The van der Waals surface area contributed by atoms with Gasteiger partial charge >= 0.3 is 0 Å². The number of benzene rings is 2. The van der Waals surface area contributed by atoms with E-state index >= 15 is 0 Å². The van der Waals surface area contributed by atoms with Gasteiger partial charge in [0.1, 0.15) is 11.4 Å². The van der Waals surface area contributed by atoms with Gasteiger partial charge in [0, 0.05) is 32.0 Å². The molecule has 3 N–H and O–H groups in total. The molecule has 0 fully saturated rings. The van der Waals surface area contributed by atoms with Crippen LogP contribution in [0.2, 0.25) is 0 Å². The first kappa shape index (κ1) is 16.2. The Bertz CT molecular complexity index is 1040. The minimum Gasteiger partial charge on any atom is -0.494 e. The van der Waals surface area contributed by atoms with Crippen LogP contribution in [0.5, 0.6) is 5.75 Å². The fourth-order valence-corrected chi connectivity index (χ4v) is 4.05. The summed E-state index contributed by atoms with van der Waals surface area (Å²) in [7, 11) is 1.53. The van der Waals surface area contributed by atoms with Crippen molar-refractivity contribution in [3.63, 3.8) is 0 Å². The Morgan fingerprint density at radius 1 is 1.24 bits per heavy atom. The molecule has 1 aliphatic rings. The summed E-state index contributed by atoms with van der Waals surface area (Å²) < 4.78 is 6.30. The van der Waals surface area contributed by atoms with Crippen molar-refractivity contribution in [1.29, 1.82) is 0 Å². The molecule has 6 heteroatoms. The van der Waals surface area contributed by atoms with Crippen LogP contribution in [0.3, 0.4) is 0 Å².